The van der Waals surface area contributed by atoms with Gasteiger partial charge in [-0.15, -0.1) is 11.8 Å². The van der Waals surface area contributed by atoms with Crippen LogP contribution < -0.4 is 5.32 Å². The summed E-state index contributed by atoms with van der Waals surface area (Å²) in [4.78, 5) is 13.8. The molecule has 1 N–H and O–H groups in total. The number of methoxy groups -OCH3 is 1. The number of rotatable bonds is 10. The van der Waals surface area contributed by atoms with Crippen LogP contribution in [0.25, 0.3) is 0 Å². The molecule has 0 saturated carbocycles. The first-order chi connectivity index (χ1) is 15.4. The van der Waals surface area contributed by atoms with Gasteiger partial charge in [0.05, 0.1) is 17.1 Å². The molecule has 0 aliphatic heterocycles. The number of amides is 1. The number of ether oxygens (including phenoxy) is 1. The van der Waals surface area contributed by atoms with Crippen LogP contribution in [0.3, 0.4) is 0 Å². The second-order valence-corrected chi connectivity index (χ2v) is 10.2. The van der Waals surface area contributed by atoms with Crippen LogP contribution in [0.4, 0.5) is 5.69 Å². The maximum Gasteiger partial charge on any atom is 0.256 e. The van der Waals surface area contributed by atoms with Gasteiger partial charge in [-0.2, -0.15) is 4.31 Å². The number of nitrogens with one attached hydrogen (secondary N) is 1. The van der Waals surface area contributed by atoms with Gasteiger partial charge in [0.1, 0.15) is 0 Å². The lowest BCUT2D eigenvalue weighted by Crippen LogP contribution is -2.26. The number of benzene rings is 3. The first-order valence-electron chi connectivity index (χ1n) is 10.0. The first-order valence-corrected chi connectivity index (χ1v) is 12.5. The Morgan fingerprint density at radius 3 is 2.31 bits per heavy atom. The molecule has 0 saturated heterocycles. The lowest BCUT2D eigenvalue weighted by molar-refractivity contribution is 0.102. The highest BCUT2D eigenvalue weighted by atomic mass is 32.2. The number of hydrogen-bond acceptors (Lipinski definition) is 5. The van der Waals surface area contributed by atoms with Gasteiger partial charge in [-0.1, -0.05) is 42.5 Å². The SMILES string of the molecule is COCCSc1ccccc1C(=O)Nc1ccc(S(=O)(=O)N(C)Cc2ccccc2)cc1. The fourth-order valence-electron chi connectivity index (χ4n) is 3.03. The van der Waals surface area contributed by atoms with Gasteiger partial charge in [0.2, 0.25) is 10.0 Å². The second kappa shape index (κ2) is 11.3. The highest BCUT2D eigenvalue weighted by Crippen LogP contribution is 2.24. The van der Waals surface area contributed by atoms with E-state index in [1.165, 1.54) is 16.4 Å². The molecule has 0 aliphatic rings. The van der Waals surface area contributed by atoms with E-state index in [1.54, 1.807) is 44.1 Å². The van der Waals surface area contributed by atoms with Crippen LogP contribution in [0, 0.1) is 0 Å². The van der Waals surface area contributed by atoms with E-state index in [2.05, 4.69) is 5.32 Å². The number of sulfonamides is 1. The third kappa shape index (κ3) is 6.20. The van der Waals surface area contributed by atoms with Crippen molar-refractivity contribution in [3.63, 3.8) is 0 Å². The van der Waals surface area contributed by atoms with Gasteiger partial charge < -0.3 is 10.1 Å². The molecular formula is C24H26N2O4S2. The van der Waals surface area contributed by atoms with Gasteiger partial charge in [-0.05, 0) is 42.0 Å². The molecule has 0 fully saturated rings. The van der Waals surface area contributed by atoms with E-state index in [1.807, 2.05) is 48.5 Å². The minimum atomic E-state index is -3.65. The van der Waals surface area contributed by atoms with Crippen molar-refractivity contribution in [1.82, 2.24) is 4.31 Å². The van der Waals surface area contributed by atoms with Crippen LogP contribution in [0.1, 0.15) is 15.9 Å². The van der Waals surface area contributed by atoms with Crippen molar-refractivity contribution in [2.45, 2.75) is 16.3 Å². The Labute approximate surface area is 193 Å². The summed E-state index contributed by atoms with van der Waals surface area (Å²) in [6, 6.07) is 23.0. The molecule has 0 radical (unpaired) electrons. The van der Waals surface area contributed by atoms with Crippen LogP contribution in [0.2, 0.25) is 0 Å². The molecule has 0 bridgehead atoms. The summed E-state index contributed by atoms with van der Waals surface area (Å²) in [7, 11) is -0.456. The third-order valence-corrected chi connectivity index (χ3v) is 7.60. The van der Waals surface area contributed by atoms with Gasteiger partial charge in [0, 0.05) is 37.0 Å². The molecule has 168 valence electrons. The fraction of sp³-hybridized carbons (Fsp3) is 0.208. The molecule has 0 aromatic heterocycles. The highest BCUT2D eigenvalue weighted by molar-refractivity contribution is 7.99. The predicted molar refractivity (Wildman–Crippen MR) is 129 cm³/mol. The van der Waals surface area contributed by atoms with Gasteiger partial charge in [0.25, 0.3) is 5.91 Å². The molecule has 0 spiro atoms. The zero-order valence-corrected chi connectivity index (χ0v) is 19.7. The zero-order valence-electron chi connectivity index (χ0n) is 18.0. The molecule has 1 amide bonds. The van der Waals surface area contributed by atoms with Gasteiger partial charge in [-0.25, -0.2) is 8.42 Å². The van der Waals surface area contributed by atoms with E-state index in [4.69, 9.17) is 4.74 Å². The average molecular weight is 471 g/mol. The molecule has 3 rings (SSSR count). The largest absolute Gasteiger partial charge is 0.384 e. The Morgan fingerprint density at radius 2 is 1.62 bits per heavy atom. The number of hydrogen-bond donors (Lipinski definition) is 1. The molecule has 3 aromatic rings. The van der Waals surface area contributed by atoms with E-state index >= 15 is 0 Å². The van der Waals surface area contributed by atoms with Crippen molar-refractivity contribution in [2.75, 3.05) is 31.8 Å². The Hall–Kier alpha value is -2.65. The second-order valence-electron chi connectivity index (χ2n) is 7.06. The molecular weight excluding hydrogens is 444 g/mol. The quantitative estimate of drug-likeness (QED) is 0.349. The zero-order chi connectivity index (χ0) is 23.0. The molecule has 32 heavy (non-hydrogen) atoms. The molecule has 0 heterocycles. The van der Waals surface area contributed by atoms with Crippen molar-refractivity contribution in [1.29, 1.82) is 0 Å². The van der Waals surface area contributed by atoms with Gasteiger partial charge in [-0.3, -0.25) is 4.79 Å². The lowest BCUT2D eigenvalue weighted by Gasteiger charge is -2.17. The Balaban J connectivity index is 1.69. The van der Waals surface area contributed by atoms with E-state index < -0.39 is 10.0 Å². The Bertz CT molecular complexity index is 1130. The summed E-state index contributed by atoms with van der Waals surface area (Å²) < 4.78 is 32.2. The van der Waals surface area contributed by atoms with Crippen molar-refractivity contribution in [3.8, 4) is 0 Å². The lowest BCUT2D eigenvalue weighted by atomic mass is 10.2. The summed E-state index contributed by atoms with van der Waals surface area (Å²) in [5.41, 5.74) is 1.99. The average Bonchev–Trinajstić information content (AvgIpc) is 2.80. The normalized spacial score (nSPS) is 11.5. The van der Waals surface area contributed by atoms with Crippen LogP contribution in [-0.2, 0) is 21.3 Å². The maximum absolute atomic E-state index is 12.9. The maximum atomic E-state index is 12.9. The predicted octanol–water partition coefficient (Wildman–Crippen LogP) is 4.50. The third-order valence-electron chi connectivity index (χ3n) is 4.75. The van der Waals surface area contributed by atoms with E-state index in [0.717, 1.165) is 16.2 Å². The van der Waals surface area contributed by atoms with Crippen LogP contribution in [0.15, 0.2) is 88.7 Å². The summed E-state index contributed by atoms with van der Waals surface area (Å²) in [6.07, 6.45) is 0. The minimum absolute atomic E-state index is 0.171. The van der Waals surface area contributed by atoms with E-state index in [9.17, 15) is 13.2 Å². The Kier molecular flexibility index (Phi) is 8.46. The molecule has 0 atom stereocenters. The summed E-state index contributed by atoms with van der Waals surface area (Å²) in [5.74, 6) is 0.492. The fourth-order valence-corrected chi connectivity index (χ4v) is 5.15. The molecule has 6 nitrogen and oxygen atoms in total. The van der Waals surface area contributed by atoms with Crippen molar-refractivity contribution >= 4 is 33.4 Å². The van der Waals surface area contributed by atoms with E-state index in [0.29, 0.717) is 17.9 Å². The number of thioether (sulfide) groups is 1. The number of nitrogens with zero attached hydrogens (tertiary/aromatic N) is 1. The summed E-state index contributed by atoms with van der Waals surface area (Å²) in [5, 5.41) is 2.84. The standard InChI is InChI=1S/C24H26N2O4S2/c1-26(18-19-8-4-3-5-9-19)32(28,29)21-14-12-20(13-15-21)25-24(27)22-10-6-7-11-23(22)31-17-16-30-2/h3-15H,16-18H2,1-2H3,(H,25,27). The summed E-state index contributed by atoms with van der Waals surface area (Å²) in [6.45, 7) is 0.870. The van der Waals surface area contributed by atoms with Crippen LogP contribution in [0.5, 0.6) is 0 Å². The number of carbonyl (C=O) groups is 1. The summed E-state index contributed by atoms with van der Waals surface area (Å²) >= 11 is 1.55. The van der Waals surface area contributed by atoms with Crippen LogP contribution in [-0.4, -0.2) is 45.1 Å². The van der Waals surface area contributed by atoms with E-state index in [-0.39, 0.29) is 17.3 Å². The molecule has 3 aromatic carbocycles. The molecule has 0 aliphatic carbocycles. The minimum Gasteiger partial charge on any atom is -0.384 e. The van der Waals surface area contributed by atoms with Gasteiger partial charge >= 0.3 is 0 Å². The highest BCUT2D eigenvalue weighted by Gasteiger charge is 2.21. The van der Waals surface area contributed by atoms with Gasteiger partial charge in [0.15, 0.2) is 0 Å². The van der Waals surface area contributed by atoms with Crippen molar-refractivity contribution < 1.29 is 17.9 Å². The van der Waals surface area contributed by atoms with Crippen LogP contribution >= 0.6 is 11.8 Å². The topological polar surface area (TPSA) is 75.7 Å². The monoisotopic (exact) mass is 470 g/mol. The first kappa shape index (κ1) is 24.0. The van der Waals surface area contributed by atoms with Crippen molar-refractivity contribution in [2.24, 2.45) is 0 Å². The number of carbonyl (C=O) groups excluding carboxylic acids is 1. The molecule has 0 unspecified atom stereocenters. The number of anilines is 1. The Morgan fingerprint density at radius 1 is 0.969 bits per heavy atom. The smallest absolute Gasteiger partial charge is 0.256 e. The molecule has 8 heteroatoms. The van der Waals surface area contributed by atoms with Crippen molar-refractivity contribution in [3.05, 3.63) is 90.0 Å².